The van der Waals surface area contributed by atoms with Crippen molar-refractivity contribution in [1.82, 2.24) is 0 Å². The summed E-state index contributed by atoms with van der Waals surface area (Å²) in [6, 6.07) is 12.9. The van der Waals surface area contributed by atoms with Crippen molar-refractivity contribution in [1.29, 1.82) is 0 Å². The van der Waals surface area contributed by atoms with Crippen molar-refractivity contribution in [2.45, 2.75) is 6.04 Å². The summed E-state index contributed by atoms with van der Waals surface area (Å²) in [6.07, 6.45) is 0. The molecule has 3 rings (SSSR count). The van der Waals surface area contributed by atoms with Crippen molar-refractivity contribution in [3.63, 3.8) is 0 Å². The van der Waals surface area contributed by atoms with Gasteiger partial charge in [0.2, 0.25) is 6.79 Å². The van der Waals surface area contributed by atoms with Crippen molar-refractivity contribution in [2.75, 3.05) is 20.5 Å². The molecule has 1 heterocycles. The van der Waals surface area contributed by atoms with Crippen LogP contribution in [0.3, 0.4) is 0 Å². The van der Waals surface area contributed by atoms with E-state index in [2.05, 4.69) is 0 Å². The molecule has 0 radical (unpaired) electrons. The lowest BCUT2D eigenvalue weighted by Gasteiger charge is -2.14. The van der Waals surface area contributed by atoms with Gasteiger partial charge in [-0.25, -0.2) is 0 Å². The topological polar surface area (TPSA) is 62.9 Å². The zero-order valence-corrected chi connectivity index (χ0v) is 11.7. The molecule has 2 aromatic carbocycles. The molecule has 1 unspecified atom stereocenters. The predicted octanol–water partition coefficient (Wildman–Crippen LogP) is 2.50. The molecule has 5 heteroatoms. The fraction of sp³-hybridized carbons (Fsp3) is 0.250. The molecule has 0 spiro atoms. The van der Waals surface area contributed by atoms with Gasteiger partial charge in [-0.15, -0.1) is 0 Å². The molecule has 21 heavy (non-hydrogen) atoms. The summed E-state index contributed by atoms with van der Waals surface area (Å²) in [5, 5.41) is 0. The van der Waals surface area contributed by atoms with Crippen LogP contribution in [0.5, 0.6) is 23.0 Å². The van der Waals surface area contributed by atoms with Gasteiger partial charge in [0.1, 0.15) is 18.1 Å². The van der Waals surface area contributed by atoms with Gasteiger partial charge in [0, 0.05) is 6.07 Å². The van der Waals surface area contributed by atoms with Crippen LogP contribution in [-0.2, 0) is 0 Å². The fourth-order valence-corrected chi connectivity index (χ4v) is 2.12. The first-order chi connectivity index (χ1) is 10.3. The Labute approximate surface area is 123 Å². The summed E-state index contributed by atoms with van der Waals surface area (Å²) >= 11 is 0. The van der Waals surface area contributed by atoms with Crippen molar-refractivity contribution in [2.24, 2.45) is 5.73 Å². The maximum absolute atomic E-state index is 6.15. The first-order valence-corrected chi connectivity index (χ1v) is 6.68. The molecule has 2 aromatic rings. The van der Waals surface area contributed by atoms with Crippen LogP contribution in [-0.4, -0.2) is 20.5 Å². The quantitative estimate of drug-likeness (QED) is 0.915. The summed E-state index contributed by atoms with van der Waals surface area (Å²) in [5.41, 5.74) is 7.10. The van der Waals surface area contributed by atoms with Crippen molar-refractivity contribution < 1.29 is 18.9 Å². The van der Waals surface area contributed by atoms with Crippen molar-refractivity contribution in [3.8, 4) is 23.0 Å². The van der Waals surface area contributed by atoms with Crippen LogP contribution in [0.2, 0.25) is 0 Å². The van der Waals surface area contributed by atoms with Crippen LogP contribution in [0.4, 0.5) is 0 Å². The predicted molar refractivity (Wildman–Crippen MR) is 78.0 cm³/mol. The van der Waals surface area contributed by atoms with Crippen LogP contribution < -0.4 is 24.7 Å². The molecule has 0 fully saturated rings. The molecule has 1 atom stereocenters. The number of benzene rings is 2. The van der Waals surface area contributed by atoms with E-state index in [1.54, 1.807) is 7.11 Å². The summed E-state index contributed by atoms with van der Waals surface area (Å²) in [4.78, 5) is 0. The van der Waals surface area contributed by atoms with Gasteiger partial charge in [-0.2, -0.15) is 0 Å². The standard InChI is InChI=1S/C16H17NO4/c1-18-12-3-2-4-13(8-12)19-9-14(17)11-5-6-15-16(7-11)21-10-20-15/h2-8,14H,9-10,17H2,1H3. The number of fused-ring (bicyclic) bond motifs is 1. The maximum atomic E-state index is 6.15. The molecule has 0 saturated heterocycles. The highest BCUT2D eigenvalue weighted by Gasteiger charge is 2.16. The Morgan fingerprint density at radius 1 is 1.10 bits per heavy atom. The number of hydrogen-bond acceptors (Lipinski definition) is 5. The number of hydrogen-bond donors (Lipinski definition) is 1. The molecule has 0 aliphatic carbocycles. The van der Waals surface area contributed by atoms with Crippen molar-refractivity contribution in [3.05, 3.63) is 48.0 Å². The minimum Gasteiger partial charge on any atom is -0.497 e. The van der Waals surface area contributed by atoms with Crippen LogP contribution in [0.15, 0.2) is 42.5 Å². The third kappa shape index (κ3) is 3.03. The molecule has 110 valence electrons. The van der Waals surface area contributed by atoms with E-state index < -0.39 is 0 Å². The molecule has 1 aliphatic heterocycles. The lowest BCUT2D eigenvalue weighted by atomic mass is 10.1. The molecule has 0 aromatic heterocycles. The summed E-state index contributed by atoms with van der Waals surface area (Å²) < 4.78 is 21.5. The van der Waals surface area contributed by atoms with Crippen molar-refractivity contribution >= 4 is 0 Å². The molecule has 5 nitrogen and oxygen atoms in total. The zero-order valence-electron chi connectivity index (χ0n) is 11.7. The largest absolute Gasteiger partial charge is 0.497 e. The summed E-state index contributed by atoms with van der Waals surface area (Å²) in [7, 11) is 1.62. The third-order valence-electron chi connectivity index (χ3n) is 3.30. The van der Waals surface area contributed by atoms with Gasteiger partial charge >= 0.3 is 0 Å². The number of nitrogens with two attached hydrogens (primary N) is 1. The highest BCUT2D eigenvalue weighted by molar-refractivity contribution is 5.45. The average Bonchev–Trinajstić information content (AvgIpc) is 3.00. The van der Waals surface area contributed by atoms with E-state index in [1.807, 2.05) is 42.5 Å². The van der Waals surface area contributed by atoms with E-state index in [-0.39, 0.29) is 12.8 Å². The second-order valence-electron chi connectivity index (χ2n) is 4.71. The molecule has 0 bridgehead atoms. The van der Waals surface area contributed by atoms with E-state index in [0.717, 1.165) is 28.6 Å². The van der Waals surface area contributed by atoms with Gasteiger partial charge in [0.25, 0.3) is 0 Å². The van der Waals surface area contributed by atoms with E-state index in [4.69, 9.17) is 24.7 Å². The first-order valence-electron chi connectivity index (χ1n) is 6.68. The van der Waals surface area contributed by atoms with Crippen LogP contribution in [0.1, 0.15) is 11.6 Å². The normalized spacial score (nSPS) is 13.8. The molecule has 0 amide bonds. The second kappa shape index (κ2) is 5.93. The lowest BCUT2D eigenvalue weighted by Crippen LogP contribution is -2.18. The van der Waals surface area contributed by atoms with Crippen LogP contribution in [0.25, 0.3) is 0 Å². The van der Waals surface area contributed by atoms with E-state index in [1.165, 1.54) is 0 Å². The summed E-state index contributed by atoms with van der Waals surface area (Å²) in [6.45, 7) is 0.626. The maximum Gasteiger partial charge on any atom is 0.231 e. The van der Waals surface area contributed by atoms with Gasteiger partial charge in [0.05, 0.1) is 13.2 Å². The van der Waals surface area contributed by atoms with E-state index in [9.17, 15) is 0 Å². The van der Waals surface area contributed by atoms with Gasteiger partial charge in [0.15, 0.2) is 11.5 Å². The van der Waals surface area contributed by atoms with E-state index in [0.29, 0.717) is 6.61 Å². The second-order valence-corrected chi connectivity index (χ2v) is 4.71. The lowest BCUT2D eigenvalue weighted by molar-refractivity contribution is 0.174. The SMILES string of the molecule is COc1cccc(OCC(N)c2ccc3c(c2)OCO3)c1. The molecular weight excluding hydrogens is 270 g/mol. The average molecular weight is 287 g/mol. The summed E-state index contributed by atoms with van der Waals surface area (Å²) in [5.74, 6) is 2.96. The minimum atomic E-state index is -0.245. The fourth-order valence-electron chi connectivity index (χ4n) is 2.12. The Kier molecular flexibility index (Phi) is 3.83. The number of ether oxygens (including phenoxy) is 4. The highest BCUT2D eigenvalue weighted by Crippen LogP contribution is 2.34. The van der Waals surface area contributed by atoms with Crippen LogP contribution >= 0.6 is 0 Å². The van der Waals surface area contributed by atoms with Gasteiger partial charge in [-0.1, -0.05) is 12.1 Å². The van der Waals surface area contributed by atoms with Gasteiger partial charge < -0.3 is 24.7 Å². The Morgan fingerprint density at radius 3 is 2.76 bits per heavy atom. The van der Waals surface area contributed by atoms with Crippen LogP contribution in [0, 0.1) is 0 Å². The minimum absolute atomic E-state index is 0.245. The first kappa shape index (κ1) is 13.6. The molecule has 2 N–H and O–H groups in total. The number of methoxy groups -OCH3 is 1. The molecule has 0 saturated carbocycles. The monoisotopic (exact) mass is 287 g/mol. The Hall–Kier alpha value is -2.40. The van der Waals surface area contributed by atoms with Gasteiger partial charge in [-0.3, -0.25) is 0 Å². The third-order valence-corrected chi connectivity index (χ3v) is 3.30. The highest BCUT2D eigenvalue weighted by atomic mass is 16.7. The molecular formula is C16H17NO4. The Morgan fingerprint density at radius 2 is 1.90 bits per heavy atom. The smallest absolute Gasteiger partial charge is 0.231 e. The molecule has 1 aliphatic rings. The Bertz CT molecular complexity index is 629. The zero-order chi connectivity index (χ0) is 14.7. The number of rotatable bonds is 5. The van der Waals surface area contributed by atoms with E-state index >= 15 is 0 Å². The Balaban J connectivity index is 1.64. The van der Waals surface area contributed by atoms with Gasteiger partial charge in [-0.05, 0) is 29.8 Å².